The SMILES string of the molecule is Cn1nccc1C(=O)OF. The van der Waals surface area contributed by atoms with Crippen LogP contribution in [0.1, 0.15) is 10.5 Å². The van der Waals surface area contributed by atoms with Crippen LogP contribution >= 0.6 is 0 Å². The number of aromatic nitrogens is 2. The highest BCUT2D eigenvalue weighted by Gasteiger charge is 2.10. The highest BCUT2D eigenvalue weighted by Crippen LogP contribution is 1.98. The first-order valence-electron chi connectivity index (χ1n) is 2.56. The van der Waals surface area contributed by atoms with E-state index in [2.05, 4.69) is 10.0 Å². The third-order valence-corrected chi connectivity index (χ3v) is 1.10. The Morgan fingerprint density at radius 3 is 3.00 bits per heavy atom. The summed E-state index contributed by atoms with van der Waals surface area (Å²) in [5.74, 6) is -1.03. The molecular formula is C5H5FN2O2. The quantitative estimate of drug-likeness (QED) is 0.575. The monoisotopic (exact) mass is 144 g/mol. The molecule has 0 aliphatic carbocycles. The van der Waals surface area contributed by atoms with E-state index in [4.69, 9.17) is 0 Å². The maximum atomic E-state index is 11.2. The van der Waals surface area contributed by atoms with Gasteiger partial charge in [-0.1, -0.05) is 0 Å². The molecule has 0 radical (unpaired) electrons. The van der Waals surface area contributed by atoms with Crippen LogP contribution in [-0.2, 0) is 12.0 Å². The molecule has 0 fully saturated rings. The van der Waals surface area contributed by atoms with Crippen molar-refractivity contribution in [2.75, 3.05) is 0 Å². The minimum Gasteiger partial charge on any atom is -0.261 e. The van der Waals surface area contributed by atoms with Crippen LogP contribution in [0.25, 0.3) is 0 Å². The van der Waals surface area contributed by atoms with E-state index >= 15 is 0 Å². The van der Waals surface area contributed by atoms with E-state index in [-0.39, 0.29) is 5.69 Å². The second-order valence-electron chi connectivity index (χ2n) is 1.70. The zero-order chi connectivity index (χ0) is 7.56. The van der Waals surface area contributed by atoms with Gasteiger partial charge in [0.15, 0.2) is 0 Å². The molecule has 10 heavy (non-hydrogen) atoms. The third-order valence-electron chi connectivity index (χ3n) is 1.10. The van der Waals surface area contributed by atoms with Crippen molar-refractivity contribution in [2.24, 2.45) is 7.05 Å². The Kier molecular flexibility index (Phi) is 1.66. The van der Waals surface area contributed by atoms with Crippen molar-refractivity contribution >= 4 is 5.97 Å². The molecule has 1 aromatic rings. The van der Waals surface area contributed by atoms with Gasteiger partial charge in [-0.25, -0.2) is 9.74 Å². The van der Waals surface area contributed by atoms with Gasteiger partial charge in [-0.15, -0.1) is 0 Å². The number of hydrogen-bond donors (Lipinski definition) is 0. The standard InChI is InChI=1S/C5H5FN2O2/c1-8-4(2-3-7-8)5(9)10-6/h2-3H,1H3. The zero-order valence-electron chi connectivity index (χ0n) is 5.24. The van der Waals surface area contributed by atoms with Gasteiger partial charge in [0.25, 0.3) is 0 Å². The number of aryl methyl sites for hydroxylation is 1. The van der Waals surface area contributed by atoms with E-state index in [9.17, 15) is 9.32 Å². The van der Waals surface area contributed by atoms with E-state index in [1.54, 1.807) is 0 Å². The fourth-order valence-electron chi connectivity index (χ4n) is 0.614. The number of carbonyl (C=O) groups excluding carboxylic acids is 1. The van der Waals surface area contributed by atoms with Gasteiger partial charge in [-0.2, -0.15) is 5.10 Å². The number of rotatable bonds is 1. The summed E-state index contributed by atoms with van der Waals surface area (Å²) >= 11 is 0. The predicted molar refractivity (Wildman–Crippen MR) is 29.7 cm³/mol. The molecule has 1 aromatic heterocycles. The van der Waals surface area contributed by atoms with Gasteiger partial charge in [-0.05, 0) is 6.07 Å². The molecule has 0 amide bonds. The Morgan fingerprint density at radius 1 is 1.90 bits per heavy atom. The Balaban J connectivity index is 2.93. The smallest absolute Gasteiger partial charge is 0.261 e. The van der Waals surface area contributed by atoms with Crippen molar-refractivity contribution in [1.29, 1.82) is 0 Å². The number of nitrogens with zero attached hydrogens (tertiary/aromatic N) is 2. The van der Waals surface area contributed by atoms with Gasteiger partial charge in [0.1, 0.15) is 5.69 Å². The molecule has 0 saturated heterocycles. The summed E-state index contributed by atoms with van der Waals surface area (Å²) in [6, 6.07) is 1.36. The van der Waals surface area contributed by atoms with Gasteiger partial charge in [0.05, 0.1) is 0 Å². The van der Waals surface area contributed by atoms with Crippen LogP contribution in [0.2, 0.25) is 0 Å². The molecular weight excluding hydrogens is 139 g/mol. The van der Waals surface area contributed by atoms with Gasteiger partial charge in [0, 0.05) is 17.8 Å². The fraction of sp³-hybridized carbons (Fsp3) is 0.200. The van der Waals surface area contributed by atoms with E-state index in [0.717, 1.165) is 0 Å². The molecule has 0 aliphatic heterocycles. The zero-order valence-corrected chi connectivity index (χ0v) is 5.24. The normalized spacial score (nSPS) is 9.40. The fourth-order valence-corrected chi connectivity index (χ4v) is 0.614. The van der Waals surface area contributed by atoms with Crippen LogP contribution in [0.4, 0.5) is 4.53 Å². The summed E-state index contributed by atoms with van der Waals surface area (Å²) in [5, 5.41) is 3.63. The van der Waals surface area contributed by atoms with Crippen molar-refractivity contribution < 1.29 is 14.3 Å². The van der Waals surface area contributed by atoms with Crippen LogP contribution in [0.3, 0.4) is 0 Å². The Bertz CT molecular complexity index is 246. The van der Waals surface area contributed by atoms with Crippen LogP contribution in [-0.4, -0.2) is 15.7 Å². The van der Waals surface area contributed by atoms with Gasteiger partial charge < -0.3 is 0 Å². The highest BCUT2D eigenvalue weighted by atomic mass is 19.3. The number of carbonyl (C=O) groups is 1. The second-order valence-corrected chi connectivity index (χ2v) is 1.70. The maximum Gasteiger partial charge on any atom is 0.397 e. The molecule has 0 aromatic carbocycles. The summed E-state index contributed by atoms with van der Waals surface area (Å²) in [5.41, 5.74) is 0.0856. The predicted octanol–water partition coefficient (Wildman–Crippen LogP) is 0.461. The lowest BCUT2D eigenvalue weighted by Gasteiger charge is -1.92. The van der Waals surface area contributed by atoms with Crippen molar-refractivity contribution in [3.8, 4) is 0 Å². The number of halogens is 1. The van der Waals surface area contributed by atoms with Crippen LogP contribution < -0.4 is 0 Å². The molecule has 1 heterocycles. The summed E-state index contributed by atoms with van der Waals surface area (Å²) in [6.45, 7) is 0. The molecule has 0 aliphatic rings. The summed E-state index contributed by atoms with van der Waals surface area (Å²) in [4.78, 5) is 13.4. The first-order valence-corrected chi connectivity index (χ1v) is 2.56. The third kappa shape index (κ3) is 0.975. The lowest BCUT2D eigenvalue weighted by atomic mass is 10.4. The Hall–Kier alpha value is -1.39. The molecule has 0 atom stereocenters. The van der Waals surface area contributed by atoms with Crippen molar-refractivity contribution in [3.63, 3.8) is 0 Å². The molecule has 0 N–H and O–H groups in total. The highest BCUT2D eigenvalue weighted by molar-refractivity contribution is 5.86. The molecule has 4 nitrogen and oxygen atoms in total. The minimum atomic E-state index is -1.03. The van der Waals surface area contributed by atoms with Crippen molar-refractivity contribution in [1.82, 2.24) is 9.78 Å². The summed E-state index contributed by atoms with van der Waals surface area (Å²) in [7, 11) is 1.52. The van der Waals surface area contributed by atoms with Gasteiger partial charge >= 0.3 is 5.97 Å². The Labute approximate surface area is 56.1 Å². The summed E-state index contributed by atoms with van der Waals surface area (Å²) < 4.78 is 12.5. The van der Waals surface area contributed by atoms with Crippen LogP contribution in [0.5, 0.6) is 0 Å². The van der Waals surface area contributed by atoms with Crippen LogP contribution in [0, 0.1) is 0 Å². The lowest BCUT2D eigenvalue weighted by Crippen LogP contribution is -2.06. The van der Waals surface area contributed by atoms with Crippen LogP contribution in [0.15, 0.2) is 12.3 Å². The molecule has 0 unspecified atom stereocenters. The first kappa shape index (κ1) is 6.73. The van der Waals surface area contributed by atoms with E-state index in [1.165, 1.54) is 24.0 Å². The average Bonchev–Trinajstić information content (AvgIpc) is 2.34. The van der Waals surface area contributed by atoms with Gasteiger partial charge in [0.2, 0.25) is 0 Å². The van der Waals surface area contributed by atoms with Gasteiger partial charge in [-0.3, -0.25) is 4.68 Å². The maximum absolute atomic E-state index is 11.2. The minimum absolute atomic E-state index is 0.0856. The van der Waals surface area contributed by atoms with Crippen molar-refractivity contribution in [3.05, 3.63) is 18.0 Å². The largest absolute Gasteiger partial charge is 0.397 e. The number of hydrogen-bond acceptors (Lipinski definition) is 3. The lowest BCUT2D eigenvalue weighted by molar-refractivity contribution is -0.0797. The average molecular weight is 144 g/mol. The molecule has 54 valence electrons. The van der Waals surface area contributed by atoms with Crippen molar-refractivity contribution in [2.45, 2.75) is 0 Å². The van der Waals surface area contributed by atoms with E-state index in [1.807, 2.05) is 0 Å². The molecule has 5 heteroatoms. The molecule has 1 rings (SSSR count). The topological polar surface area (TPSA) is 44.1 Å². The van der Waals surface area contributed by atoms with E-state index in [0.29, 0.717) is 0 Å². The molecule has 0 saturated carbocycles. The second kappa shape index (κ2) is 2.47. The van der Waals surface area contributed by atoms with E-state index < -0.39 is 5.97 Å². The first-order chi connectivity index (χ1) is 4.75. The molecule has 0 spiro atoms. The molecule has 0 bridgehead atoms. The summed E-state index contributed by atoms with van der Waals surface area (Å²) in [6.07, 6.45) is 1.38. The Morgan fingerprint density at radius 2 is 2.60 bits per heavy atom.